The van der Waals surface area contributed by atoms with Crippen molar-refractivity contribution in [1.29, 1.82) is 0 Å². The monoisotopic (exact) mass is 364 g/mol. The van der Waals surface area contributed by atoms with Gasteiger partial charge in [0.05, 0.1) is 7.11 Å². The molecule has 7 heteroatoms. The molecular weight excluding hydrogens is 340 g/mol. The van der Waals surface area contributed by atoms with Crippen LogP contribution in [0.5, 0.6) is 0 Å². The van der Waals surface area contributed by atoms with Gasteiger partial charge in [-0.25, -0.2) is 4.79 Å². The van der Waals surface area contributed by atoms with E-state index in [0.717, 1.165) is 0 Å². The van der Waals surface area contributed by atoms with Crippen molar-refractivity contribution in [3.05, 3.63) is 35.9 Å². The number of aliphatic hydroxyl groups is 1. The molecule has 0 saturated heterocycles. The van der Waals surface area contributed by atoms with E-state index in [9.17, 15) is 19.5 Å². The van der Waals surface area contributed by atoms with Gasteiger partial charge in [-0.3, -0.25) is 9.59 Å². The van der Waals surface area contributed by atoms with E-state index in [1.165, 1.54) is 14.0 Å². The quantitative estimate of drug-likeness (QED) is 0.581. The highest BCUT2D eigenvalue weighted by Crippen LogP contribution is 2.37. The highest BCUT2D eigenvalue weighted by atomic mass is 16.6. The molecule has 142 valence electrons. The van der Waals surface area contributed by atoms with Gasteiger partial charge in [-0.1, -0.05) is 30.3 Å². The van der Waals surface area contributed by atoms with Crippen molar-refractivity contribution in [2.45, 2.75) is 38.4 Å². The lowest BCUT2D eigenvalue weighted by Crippen LogP contribution is -2.25. The lowest BCUT2D eigenvalue weighted by atomic mass is 9.94. The van der Waals surface area contributed by atoms with E-state index in [2.05, 4.69) is 4.74 Å². The van der Waals surface area contributed by atoms with Crippen LogP contribution >= 0.6 is 0 Å². The Hall–Kier alpha value is -2.41. The molecule has 1 aliphatic rings. The van der Waals surface area contributed by atoms with Gasteiger partial charge < -0.3 is 19.3 Å². The topological polar surface area (TPSA) is 99.1 Å². The van der Waals surface area contributed by atoms with Gasteiger partial charge in [0.25, 0.3) is 0 Å². The Kier molecular flexibility index (Phi) is 7.15. The first-order valence-electron chi connectivity index (χ1n) is 8.55. The van der Waals surface area contributed by atoms with E-state index in [1.54, 1.807) is 30.3 Å². The van der Waals surface area contributed by atoms with Gasteiger partial charge in [0.15, 0.2) is 0 Å². The van der Waals surface area contributed by atoms with Crippen LogP contribution in [0.3, 0.4) is 0 Å². The zero-order valence-electron chi connectivity index (χ0n) is 14.9. The van der Waals surface area contributed by atoms with Gasteiger partial charge >= 0.3 is 17.9 Å². The van der Waals surface area contributed by atoms with Gasteiger partial charge in [-0.2, -0.15) is 0 Å². The van der Waals surface area contributed by atoms with Gasteiger partial charge in [0, 0.05) is 25.5 Å². The number of benzene rings is 1. The molecule has 1 saturated carbocycles. The smallest absolute Gasteiger partial charge is 0.352 e. The number of carbonyl (C=O) groups excluding carboxylic acids is 3. The van der Waals surface area contributed by atoms with Crippen LogP contribution in [0.2, 0.25) is 0 Å². The Morgan fingerprint density at radius 3 is 2.38 bits per heavy atom. The molecule has 0 spiro atoms. The first kappa shape index (κ1) is 19.9. The summed E-state index contributed by atoms with van der Waals surface area (Å²) in [6, 6.07) is 8.63. The van der Waals surface area contributed by atoms with E-state index in [-0.39, 0.29) is 30.8 Å². The molecule has 0 amide bonds. The number of methoxy groups -OCH3 is 1. The van der Waals surface area contributed by atoms with E-state index in [0.29, 0.717) is 18.4 Å². The van der Waals surface area contributed by atoms with Crippen LogP contribution in [0.4, 0.5) is 0 Å². The molecule has 4 unspecified atom stereocenters. The minimum absolute atomic E-state index is 0.0955. The standard InChI is InChI=1S/C19H24O7/c1-12(21)25-18(13-6-4-3-5-7-13)19(23)26-16-8-14(10-17(22)24-2)15(9-16)11-20/h3-7,14-16,18,20H,8-11H2,1-2H3. The summed E-state index contributed by atoms with van der Waals surface area (Å²) < 4.78 is 15.3. The normalized spacial score (nSPS) is 23.1. The summed E-state index contributed by atoms with van der Waals surface area (Å²) in [7, 11) is 1.31. The highest BCUT2D eigenvalue weighted by Gasteiger charge is 2.38. The summed E-state index contributed by atoms with van der Waals surface area (Å²) in [5, 5.41) is 9.52. The summed E-state index contributed by atoms with van der Waals surface area (Å²) in [5.41, 5.74) is 0.524. The van der Waals surface area contributed by atoms with Crippen molar-refractivity contribution in [3.8, 4) is 0 Å². The average molecular weight is 364 g/mol. The van der Waals surface area contributed by atoms with Crippen LogP contribution in [0, 0.1) is 11.8 Å². The van der Waals surface area contributed by atoms with Crippen LogP contribution in [-0.2, 0) is 28.6 Å². The SMILES string of the molecule is COC(=O)CC1CC(OC(=O)C(OC(C)=O)c2ccccc2)CC1CO. The van der Waals surface area contributed by atoms with Crippen LogP contribution in [0.25, 0.3) is 0 Å². The zero-order chi connectivity index (χ0) is 19.1. The summed E-state index contributed by atoms with van der Waals surface area (Å²) >= 11 is 0. The zero-order valence-corrected chi connectivity index (χ0v) is 14.9. The third kappa shape index (κ3) is 5.29. The predicted molar refractivity (Wildman–Crippen MR) is 90.8 cm³/mol. The third-order valence-electron chi connectivity index (χ3n) is 4.57. The summed E-state index contributed by atoms with van der Waals surface area (Å²) in [5.74, 6) is -1.86. The summed E-state index contributed by atoms with van der Waals surface area (Å²) in [6.45, 7) is 1.13. The number of hydrogen-bond acceptors (Lipinski definition) is 7. The minimum Gasteiger partial charge on any atom is -0.469 e. The summed E-state index contributed by atoms with van der Waals surface area (Å²) in [4.78, 5) is 35.4. The average Bonchev–Trinajstić information content (AvgIpc) is 3.01. The van der Waals surface area contributed by atoms with Crippen molar-refractivity contribution in [2.75, 3.05) is 13.7 Å². The Morgan fingerprint density at radius 1 is 1.15 bits per heavy atom. The van der Waals surface area contributed by atoms with Crippen LogP contribution in [0.1, 0.15) is 37.9 Å². The first-order chi connectivity index (χ1) is 12.4. The van der Waals surface area contributed by atoms with E-state index >= 15 is 0 Å². The number of hydrogen-bond donors (Lipinski definition) is 1. The molecule has 1 N–H and O–H groups in total. The Labute approximate surface area is 152 Å². The Morgan fingerprint density at radius 2 is 1.81 bits per heavy atom. The molecular formula is C19H24O7. The predicted octanol–water partition coefficient (Wildman–Crippen LogP) is 1.78. The van der Waals surface area contributed by atoms with E-state index in [4.69, 9.17) is 9.47 Å². The Balaban J connectivity index is 2.04. The maximum absolute atomic E-state index is 12.6. The fourth-order valence-corrected chi connectivity index (χ4v) is 3.30. The molecule has 0 aromatic heterocycles. The fourth-order valence-electron chi connectivity index (χ4n) is 3.30. The number of ether oxygens (including phenoxy) is 3. The lowest BCUT2D eigenvalue weighted by molar-refractivity contribution is -0.171. The Bertz CT molecular complexity index is 628. The van der Waals surface area contributed by atoms with Gasteiger partial charge in [0.2, 0.25) is 6.10 Å². The molecule has 1 aromatic rings. The molecule has 1 aliphatic carbocycles. The second-order valence-electron chi connectivity index (χ2n) is 6.41. The van der Waals surface area contributed by atoms with Crippen molar-refractivity contribution in [2.24, 2.45) is 11.8 Å². The number of esters is 3. The number of carbonyl (C=O) groups is 3. The molecule has 0 aliphatic heterocycles. The van der Waals surface area contributed by atoms with Gasteiger partial charge in [-0.15, -0.1) is 0 Å². The van der Waals surface area contributed by atoms with Crippen molar-refractivity contribution < 1.29 is 33.7 Å². The second kappa shape index (κ2) is 9.33. The molecule has 7 nitrogen and oxygen atoms in total. The second-order valence-corrected chi connectivity index (χ2v) is 6.41. The number of rotatable bonds is 7. The van der Waals surface area contributed by atoms with Gasteiger partial charge in [-0.05, 0) is 24.7 Å². The van der Waals surface area contributed by atoms with Crippen molar-refractivity contribution in [1.82, 2.24) is 0 Å². The number of aliphatic hydroxyl groups excluding tert-OH is 1. The van der Waals surface area contributed by atoms with Crippen molar-refractivity contribution >= 4 is 17.9 Å². The van der Waals surface area contributed by atoms with E-state index < -0.39 is 24.1 Å². The van der Waals surface area contributed by atoms with Gasteiger partial charge in [0.1, 0.15) is 6.10 Å². The molecule has 0 radical (unpaired) electrons. The lowest BCUT2D eigenvalue weighted by Gasteiger charge is -2.19. The molecule has 1 aromatic carbocycles. The molecule has 4 atom stereocenters. The largest absolute Gasteiger partial charge is 0.469 e. The molecule has 0 bridgehead atoms. The first-order valence-corrected chi connectivity index (χ1v) is 8.55. The third-order valence-corrected chi connectivity index (χ3v) is 4.57. The molecule has 1 fully saturated rings. The van der Waals surface area contributed by atoms with Crippen molar-refractivity contribution in [3.63, 3.8) is 0 Å². The molecule has 26 heavy (non-hydrogen) atoms. The van der Waals surface area contributed by atoms with Crippen LogP contribution in [0.15, 0.2) is 30.3 Å². The highest BCUT2D eigenvalue weighted by molar-refractivity contribution is 5.80. The van der Waals surface area contributed by atoms with Crippen LogP contribution < -0.4 is 0 Å². The molecule has 0 heterocycles. The van der Waals surface area contributed by atoms with E-state index in [1.807, 2.05) is 0 Å². The maximum atomic E-state index is 12.6. The van der Waals surface area contributed by atoms with Crippen LogP contribution in [-0.4, -0.2) is 42.8 Å². The summed E-state index contributed by atoms with van der Waals surface area (Å²) in [6.07, 6.45) is -0.516. The molecule has 2 rings (SSSR count). The minimum atomic E-state index is -1.14. The fraction of sp³-hybridized carbons (Fsp3) is 0.526. The maximum Gasteiger partial charge on any atom is 0.352 e.